The van der Waals surface area contributed by atoms with Gasteiger partial charge >= 0.3 is 0 Å². The first-order valence-corrected chi connectivity index (χ1v) is 17.7. The maximum Gasteiger partial charge on any atom is 0.0809 e. The second kappa shape index (κ2) is 10.3. The first-order valence-electron chi connectivity index (χ1n) is 17.7. The largest absolute Gasteiger partial charge is 0.309 e. The van der Waals surface area contributed by atoms with Gasteiger partial charge in [-0.3, -0.25) is 9.97 Å². The average molecular weight is 661 g/mol. The summed E-state index contributed by atoms with van der Waals surface area (Å²) in [5, 5.41) is 9.88. The van der Waals surface area contributed by atoms with E-state index in [0.29, 0.717) is 0 Å². The minimum Gasteiger partial charge on any atom is -0.309 e. The third-order valence-corrected chi connectivity index (χ3v) is 11.1. The van der Waals surface area contributed by atoms with Gasteiger partial charge in [0.25, 0.3) is 0 Å². The molecule has 0 spiro atoms. The van der Waals surface area contributed by atoms with Gasteiger partial charge in [-0.05, 0) is 87.9 Å². The number of fused-ring (bicyclic) bond motifs is 11. The van der Waals surface area contributed by atoms with Crippen molar-refractivity contribution in [3.05, 3.63) is 170 Å². The number of hydrogen-bond donors (Lipinski definition) is 0. The van der Waals surface area contributed by atoms with Crippen LogP contribution in [0.1, 0.15) is 0 Å². The monoisotopic (exact) mass is 660 g/mol. The SMILES string of the molecule is c1ccc(-n2c3ccc(-c4ccc5c(c4)c4ccccc4n5-c4cnc5c(c4)-c4nccc6cccc-5c46)cc3c3c4ccccc4ccc32)cc1. The molecular formula is C48H28N4. The molecule has 0 aliphatic heterocycles. The summed E-state index contributed by atoms with van der Waals surface area (Å²) < 4.78 is 4.75. The van der Waals surface area contributed by atoms with Crippen LogP contribution in [0.4, 0.5) is 0 Å². The van der Waals surface area contributed by atoms with Crippen LogP contribution >= 0.6 is 0 Å². The number of pyridine rings is 2. The van der Waals surface area contributed by atoms with Gasteiger partial charge in [0, 0.05) is 49.9 Å². The number of para-hydroxylation sites is 2. The first kappa shape index (κ1) is 27.7. The molecule has 0 saturated heterocycles. The van der Waals surface area contributed by atoms with Crippen LogP contribution in [0.2, 0.25) is 0 Å². The van der Waals surface area contributed by atoms with Gasteiger partial charge in [0.2, 0.25) is 0 Å². The lowest BCUT2D eigenvalue weighted by Gasteiger charge is -2.10. The Morgan fingerprint density at radius 3 is 1.94 bits per heavy atom. The molecule has 0 N–H and O–H groups in total. The summed E-state index contributed by atoms with van der Waals surface area (Å²) >= 11 is 0. The molecule has 0 atom stereocenters. The second-order valence-corrected chi connectivity index (χ2v) is 13.8. The Balaban J connectivity index is 1.07. The van der Waals surface area contributed by atoms with Gasteiger partial charge in [0.1, 0.15) is 0 Å². The topological polar surface area (TPSA) is 35.6 Å². The molecule has 0 radical (unpaired) electrons. The lowest BCUT2D eigenvalue weighted by molar-refractivity contribution is 1.14. The standard InChI is InChI=1S/C48H28N4/c1-2-11-33(12-3-1)51-43-21-19-32(26-39(43)46-35-13-5-4-9-29(35)17-22-44(46)51)31-18-20-42-38(25-31)36-14-6-7-16-41(36)52(42)34-27-40-47(50-28-34)37-15-8-10-30-23-24-49-48(40)45(30)37/h1-28H. The summed E-state index contributed by atoms with van der Waals surface area (Å²) in [5.41, 5.74) is 13.6. The first-order chi connectivity index (χ1) is 25.8. The van der Waals surface area contributed by atoms with Crippen molar-refractivity contribution in [2.24, 2.45) is 0 Å². The van der Waals surface area contributed by atoms with Crippen molar-refractivity contribution in [3.63, 3.8) is 0 Å². The molecule has 4 heteroatoms. The summed E-state index contributed by atoms with van der Waals surface area (Å²) in [6.45, 7) is 0. The summed E-state index contributed by atoms with van der Waals surface area (Å²) in [4.78, 5) is 9.91. The lowest BCUT2D eigenvalue weighted by atomic mass is 9.99. The van der Waals surface area contributed by atoms with Gasteiger partial charge in [0.05, 0.1) is 45.3 Å². The predicted molar refractivity (Wildman–Crippen MR) is 216 cm³/mol. The van der Waals surface area contributed by atoms with E-state index in [9.17, 15) is 0 Å². The highest BCUT2D eigenvalue weighted by atomic mass is 15.0. The normalized spacial score (nSPS) is 12.2. The lowest BCUT2D eigenvalue weighted by Crippen LogP contribution is -1.96. The summed E-state index contributed by atoms with van der Waals surface area (Å²) in [7, 11) is 0. The molecule has 1 aliphatic rings. The van der Waals surface area contributed by atoms with E-state index in [1.165, 1.54) is 65.3 Å². The number of benzene rings is 7. The molecule has 52 heavy (non-hydrogen) atoms. The van der Waals surface area contributed by atoms with Crippen molar-refractivity contribution in [2.45, 2.75) is 0 Å². The van der Waals surface area contributed by atoms with E-state index >= 15 is 0 Å². The quantitative estimate of drug-likeness (QED) is 0.189. The van der Waals surface area contributed by atoms with Gasteiger partial charge < -0.3 is 9.13 Å². The van der Waals surface area contributed by atoms with Crippen molar-refractivity contribution >= 4 is 65.2 Å². The molecule has 4 aromatic heterocycles. The number of hydrogen-bond acceptors (Lipinski definition) is 2. The zero-order chi connectivity index (χ0) is 33.9. The zero-order valence-electron chi connectivity index (χ0n) is 28.0. The zero-order valence-corrected chi connectivity index (χ0v) is 28.0. The Kier molecular flexibility index (Phi) is 5.47. The average Bonchev–Trinajstić information content (AvgIpc) is 3.84. The summed E-state index contributed by atoms with van der Waals surface area (Å²) in [6, 6.07) is 57.3. The number of aromatic nitrogens is 4. The molecule has 0 saturated carbocycles. The second-order valence-electron chi connectivity index (χ2n) is 13.8. The maximum absolute atomic E-state index is 5.07. The minimum absolute atomic E-state index is 1.00. The van der Waals surface area contributed by atoms with Crippen LogP contribution in [0.25, 0.3) is 110 Å². The van der Waals surface area contributed by atoms with Crippen LogP contribution < -0.4 is 0 Å². The molecule has 0 fully saturated rings. The molecular weight excluding hydrogens is 633 g/mol. The van der Waals surface area contributed by atoms with Gasteiger partial charge in [-0.25, -0.2) is 0 Å². The van der Waals surface area contributed by atoms with E-state index < -0.39 is 0 Å². The van der Waals surface area contributed by atoms with Crippen LogP contribution in [0, 0.1) is 0 Å². The molecule has 4 heterocycles. The van der Waals surface area contributed by atoms with Gasteiger partial charge in [-0.15, -0.1) is 0 Å². The summed E-state index contributed by atoms with van der Waals surface area (Å²) in [5.74, 6) is 0. The third-order valence-electron chi connectivity index (χ3n) is 11.1. The van der Waals surface area contributed by atoms with Gasteiger partial charge in [-0.1, -0.05) is 97.1 Å². The highest BCUT2D eigenvalue weighted by molar-refractivity contribution is 6.22. The molecule has 4 nitrogen and oxygen atoms in total. The minimum atomic E-state index is 1.00. The highest BCUT2D eigenvalue weighted by Gasteiger charge is 2.25. The van der Waals surface area contributed by atoms with Crippen LogP contribution in [0.15, 0.2) is 170 Å². The molecule has 1 aliphatic carbocycles. The van der Waals surface area contributed by atoms with Crippen molar-refractivity contribution in [3.8, 4) is 45.0 Å². The van der Waals surface area contributed by atoms with E-state index in [2.05, 4.69) is 167 Å². The number of nitrogens with zero attached hydrogens (tertiary/aromatic N) is 4. The molecule has 11 aromatic rings. The van der Waals surface area contributed by atoms with Crippen molar-refractivity contribution in [2.75, 3.05) is 0 Å². The van der Waals surface area contributed by atoms with Crippen LogP contribution in [0.3, 0.4) is 0 Å². The molecule has 12 rings (SSSR count). The van der Waals surface area contributed by atoms with E-state index in [1.54, 1.807) is 0 Å². The van der Waals surface area contributed by atoms with E-state index in [0.717, 1.165) is 44.9 Å². The van der Waals surface area contributed by atoms with Gasteiger partial charge in [-0.2, -0.15) is 0 Å². The molecule has 0 unspecified atom stereocenters. The smallest absolute Gasteiger partial charge is 0.0809 e. The third kappa shape index (κ3) is 3.70. The Hall–Kier alpha value is -7.04. The van der Waals surface area contributed by atoms with Crippen LogP contribution in [-0.2, 0) is 0 Å². The Morgan fingerprint density at radius 1 is 0.365 bits per heavy atom. The Bertz CT molecular complexity index is 3290. The van der Waals surface area contributed by atoms with E-state index in [-0.39, 0.29) is 0 Å². The summed E-state index contributed by atoms with van der Waals surface area (Å²) in [6.07, 6.45) is 3.93. The van der Waals surface area contributed by atoms with Crippen LogP contribution in [0.5, 0.6) is 0 Å². The fourth-order valence-corrected chi connectivity index (χ4v) is 8.86. The van der Waals surface area contributed by atoms with Crippen LogP contribution in [-0.4, -0.2) is 19.1 Å². The Morgan fingerprint density at radius 2 is 1.06 bits per heavy atom. The predicted octanol–water partition coefficient (Wildman–Crippen LogP) is 12.3. The van der Waals surface area contributed by atoms with Gasteiger partial charge in [0.15, 0.2) is 0 Å². The molecule has 0 bridgehead atoms. The van der Waals surface area contributed by atoms with E-state index in [4.69, 9.17) is 9.97 Å². The fraction of sp³-hybridized carbons (Fsp3) is 0. The fourth-order valence-electron chi connectivity index (χ4n) is 8.86. The highest BCUT2D eigenvalue weighted by Crippen LogP contribution is 2.46. The number of rotatable bonds is 3. The van der Waals surface area contributed by atoms with E-state index in [1.807, 2.05) is 12.4 Å². The van der Waals surface area contributed by atoms with Crippen molar-refractivity contribution < 1.29 is 0 Å². The molecule has 240 valence electrons. The maximum atomic E-state index is 5.07. The van der Waals surface area contributed by atoms with Crippen molar-refractivity contribution in [1.82, 2.24) is 19.1 Å². The Labute approximate surface area is 298 Å². The van der Waals surface area contributed by atoms with Crippen molar-refractivity contribution in [1.29, 1.82) is 0 Å². The molecule has 7 aromatic carbocycles. The molecule has 0 amide bonds.